The van der Waals surface area contributed by atoms with E-state index < -0.39 is 0 Å². The van der Waals surface area contributed by atoms with Crippen molar-refractivity contribution in [2.75, 3.05) is 56.6 Å². The second kappa shape index (κ2) is 7.14. The number of benzene rings is 1. The molecule has 7 nitrogen and oxygen atoms in total. The molecule has 1 atom stereocenters. The molecule has 2 heterocycles. The van der Waals surface area contributed by atoms with Crippen molar-refractivity contribution in [1.82, 2.24) is 0 Å². The maximum Gasteiger partial charge on any atom is 0.292 e. The van der Waals surface area contributed by atoms with Gasteiger partial charge in [-0.05, 0) is 25.0 Å². The molecule has 7 heteroatoms. The van der Waals surface area contributed by atoms with Gasteiger partial charge in [0.25, 0.3) is 5.69 Å². The minimum atomic E-state index is -0.324. The Hall–Kier alpha value is -1.86. The van der Waals surface area contributed by atoms with Crippen LogP contribution in [0.25, 0.3) is 0 Å². The molecular weight excluding hydrogens is 296 g/mol. The van der Waals surface area contributed by atoms with Gasteiger partial charge in [0.1, 0.15) is 5.69 Å². The van der Waals surface area contributed by atoms with Gasteiger partial charge in [-0.3, -0.25) is 10.1 Å². The summed E-state index contributed by atoms with van der Waals surface area (Å²) in [5.74, 6) is 0. The lowest BCUT2D eigenvalue weighted by molar-refractivity contribution is -0.880. The Morgan fingerprint density at radius 3 is 2.87 bits per heavy atom. The van der Waals surface area contributed by atoms with Crippen LogP contribution in [0.1, 0.15) is 12.8 Å². The van der Waals surface area contributed by atoms with Crippen LogP contribution >= 0.6 is 0 Å². The molecule has 1 aromatic carbocycles. The van der Waals surface area contributed by atoms with Crippen LogP contribution in [0, 0.1) is 10.1 Å². The normalized spacial score (nSPS) is 22.3. The predicted octanol–water partition coefficient (Wildman–Crippen LogP) is 0.520. The molecule has 2 N–H and O–H groups in total. The maximum absolute atomic E-state index is 11.3. The predicted molar refractivity (Wildman–Crippen MR) is 89.4 cm³/mol. The van der Waals surface area contributed by atoms with Gasteiger partial charge in [0.15, 0.2) is 0 Å². The van der Waals surface area contributed by atoms with Crippen LogP contribution in [0.3, 0.4) is 0 Å². The molecule has 0 saturated carbocycles. The fourth-order valence-electron chi connectivity index (χ4n) is 3.20. The highest BCUT2D eigenvalue weighted by molar-refractivity contribution is 5.69. The Kier molecular flexibility index (Phi) is 4.97. The second-order valence-electron chi connectivity index (χ2n) is 6.42. The number of nitrogens with zero attached hydrogens (tertiary/aromatic N) is 2. The molecule has 2 fully saturated rings. The molecule has 2 aliphatic heterocycles. The van der Waals surface area contributed by atoms with Crippen molar-refractivity contribution < 1.29 is 14.6 Å². The van der Waals surface area contributed by atoms with Crippen LogP contribution in [0.4, 0.5) is 17.1 Å². The van der Waals surface area contributed by atoms with Crippen LogP contribution < -0.4 is 15.1 Å². The van der Waals surface area contributed by atoms with Crippen molar-refractivity contribution in [3.8, 4) is 0 Å². The number of piperazine rings is 1. The number of nitrogens with one attached hydrogen (secondary N) is 2. The first-order chi connectivity index (χ1) is 11.1. The fraction of sp³-hybridized carbons (Fsp3) is 0.625. The van der Waals surface area contributed by atoms with Crippen molar-refractivity contribution in [3.63, 3.8) is 0 Å². The topological polar surface area (TPSA) is 72.1 Å². The van der Waals surface area contributed by atoms with E-state index >= 15 is 0 Å². The number of likely N-dealkylation sites (N-methyl/N-ethyl adjacent to an activating group) is 1. The van der Waals surface area contributed by atoms with Crippen molar-refractivity contribution in [2.24, 2.45) is 0 Å². The summed E-state index contributed by atoms with van der Waals surface area (Å²) in [6, 6.07) is 5.38. The zero-order valence-electron chi connectivity index (χ0n) is 13.6. The zero-order valence-corrected chi connectivity index (χ0v) is 13.6. The molecule has 0 aromatic heterocycles. The highest BCUT2D eigenvalue weighted by Gasteiger charge is 2.22. The molecule has 2 saturated heterocycles. The summed E-state index contributed by atoms with van der Waals surface area (Å²) >= 11 is 0. The lowest BCUT2D eigenvalue weighted by Gasteiger charge is -2.32. The van der Waals surface area contributed by atoms with E-state index in [0.717, 1.165) is 51.3 Å². The van der Waals surface area contributed by atoms with E-state index in [1.54, 1.807) is 6.07 Å². The number of anilines is 2. The third kappa shape index (κ3) is 3.92. The van der Waals surface area contributed by atoms with E-state index in [4.69, 9.17) is 4.74 Å². The third-order valence-corrected chi connectivity index (χ3v) is 4.70. The van der Waals surface area contributed by atoms with Gasteiger partial charge in [-0.25, -0.2) is 0 Å². The van der Waals surface area contributed by atoms with Gasteiger partial charge in [0.05, 0.1) is 44.3 Å². The number of hydrogen-bond donors (Lipinski definition) is 2. The Bertz CT molecular complexity index is 552. The van der Waals surface area contributed by atoms with E-state index in [2.05, 4.69) is 17.3 Å². The van der Waals surface area contributed by atoms with Crippen LogP contribution in [-0.2, 0) is 4.74 Å². The summed E-state index contributed by atoms with van der Waals surface area (Å²) < 4.78 is 5.59. The molecule has 0 spiro atoms. The van der Waals surface area contributed by atoms with Gasteiger partial charge >= 0.3 is 0 Å². The van der Waals surface area contributed by atoms with Gasteiger partial charge in [-0.2, -0.15) is 0 Å². The number of nitro groups is 1. The van der Waals surface area contributed by atoms with Crippen molar-refractivity contribution in [3.05, 3.63) is 28.3 Å². The molecule has 0 amide bonds. The van der Waals surface area contributed by atoms with E-state index in [-0.39, 0.29) is 16.7 Å². The number of rotatable bonds is 5. The second-order valence-corrected chi connectivity index (χ2v) is 6.42. The summed E-state index contributed by atoms with van der Waals surface area (Å²) in [4.78, 5) is 14.8. The highest BCUT2D eigenvalue weighted by atomic mass is 16.6. The van der Waals surface area contributed by atoms with Crippen molar-refractivity contribution in [1.29, 1.82) is 0 Å². The van der Waals surface area contributed by atoms with Crippen molar-refractivity contribution >= 4 is 17.1 Å². The van der Waals surface area contributed by atoms with Gasteiger partial charge in [-0.15, -0.1) is 0 Å². The zero-order chi connectivity index (χ0) is 16.2. The summed E-state index contributed by atoms with van der Waals surface area (Å²) in [6.45, 7) is 5.56. The largest absolute Gasteiger partial charge is 0.377 e. The molecule has 126 valence electrons. The smallest absolute Gasteiger partial charge is 0.292 e. The first kappa shape index (κ1) is 16.0. The van der Waals surface area contributed by atoms with Gasteiger partial charge < -0.3 is 19.9 Å². The Morgan fingerprint density at radius 1 is 1.43 bits per heavy atom. The SMILES string of the molecule is C[NH+]1CCN(c2ccc([N+](=O)[O-])c(NC[C@@H]3CCCO3)c2)CC1. The minimum absolute atomic E-state index is 0.131. The van der Waals surface area contributed by atoms with E-state index in [0.29, 0.717) is 12.2 Å². The summed E-state index contributed by atoms with van der Waals surface area (Å²) in [5, 5.41) is 14.5. The molecule has 0 radical (unpaired) electrons. The lowest BCUT2D eigenvalue weighted by atomic mass is 10.2. The van der Waals surface area contributed by atoms with E-state index in [1.165, 1.54) is 4.90 Å². The molecular formula is C16H25N4O3+. The minimum Gasteiger partial charge on any atom is -0.377 e. The maximum atomic E-state index is 11.3. The van der Waals surface area contributed by atoms with Crippen LogP contribution in [-0.4, -0.2) is 57.4 Å². The molecule has 1 aromatic rings. The standard InChI is InChI=1S/C16H24N4O3/c1-18-6-8-19(9-7-18)13-4-5-16(20(21)22)15(11-13)17-12-14-3-2-10-23-14/h4-5,11,14,17H,2-3,6-10,12H2,1H3/p+1/t14-/m0/s1. The van der Waals surface area contributed by atoms with Gasteiger partial charge in [0, 0.05) is 24.9 Å². The molecule has 0 unspecified atom stereocenters. The Morgan fingerprint density at radius 2 is 2.22 bits per heavy atom. The van der Waals surface area contributed by atoms with Crippen LogP contribution in [0.15, 0.2) is 18.2 Å². The average molecular weight is 321 g/mol. The van der Waals surface area contributed by atoms with E-state index in [9.17, 15) is 10.1 Å². The number of quaternary nitrogens is 1. The molecule has 2 aliphatic rings. The first-order valence-corrected chi connectivity index (χ1v) is 8.33. The quantitative estimate of drug-likeness (QED) is 0.611. The summed E-state index contributed by atoms with van der Waals surface area (Å²) in [7, 11) is 2.20. The lowest BCUT2D eigenvalue weighted by Crippen LogP contribution is -3.12. The Balaban J connectivity index is 1.74. The summed E-state index contributed by atoms with van der Waals surface area (Å²) in [6.07, 6.45) is 2.24. The summed E-state index contributed by atoms with van der Waals surface area (Å²) in [5.41, 5.74) is 1.78. The van der Waals surface area contributed by atoms with Crippen molar-refractivity contribution in [2.45, 2.75) is 18.9 Å². The van der Waals surface area contributed by atoms with Gasteiger partial charge in [0.2, 0.25) is 0 Å². The van der Waals surface area contributed by atoms with Crippen LogP contribution in [0.2, 0.25) is 0 Å². The molecule has 0 bridgehead atoms. The molecule has 3 rings (SSSR count). The third-order valence-electron chi connectivity index (χ3n) is 4.70. The monoisotopic (exact) mass is 321 g/mol. The molecule has 0 aliphatic carbocycles. The number of ether oxygens (including phenoxy) is 1. The molecule has 23 heavy (non-hydrogen) atoms. The first-order valence-electron chi connectivity index (χ1n) is 8.33. The van der Waals surface area contributed by atoms with E-state index in [1.807, 2.05) is 12.1 Å². The van der Waals surface area contributed by atoms with Crippen LogP contribution in [0.5, 0.6) is 0 Å². The highest BCUT2D eigenvalue weighted by Crippen LogP contribution is 2.30. The average Bonchev–Trinajstić information content (AvgIpc) is 3.06. The Labute approximate surface area is 136 Å². The number of nitro benzene ring substituents is 1. The van der Waals surface area contributed by atoms with Gasteiger partial charge in [-0.1, -0.05) is 0 Å². The fourth-order valence-corrected chi connectivity index (χ4v) is 3.20. The number of hydrogen-bond acceptors (Lipinski definition) is 5.